The molecule has 0 aliphatic carbocycles. The molecule has 5 nitrogen and oxygen atoms in total. The van der Waals surface area contributed by atoms with Crippen LogP contribution in [-0.4, -0.2) is 32.1 Å². The van der Waals surface area contributed by atoms with Gasteiger partial charge >= 0.3 is 0 Å². The Kier molecular flexibility index (Phi) is 2.28. The molecule has 2 aromatic rings. The first-order valence-electron chi connectivity index (χ1n) is 6.14. The van der Waals surface area contributed by atoms with Gasteiger partial charge in [-0.3, -0.25) is 0 Å². The maximum Gasteiger partial charge on any atom is 0.165 e. The highest BCUT2D eigenvalue weighted by atomic mass is 15.3. The van der Waals surface area contributed by atoms with Crippen molar-refractivity contribution in [2.45, 2.75) is 33.4 Å². The van der Waals surface area contributed by atoms with Crippen LogP contribution in [-0.2, 0) is 6.54 Å². The second kappa shape index (κ2) is 3.68. The molecule has 17 heavy (non-hydrogen) atoms. The summed E-state index contributed by atoms with van der Waals surface area (Å²) in [7, 11) is 0. The molecule has 0 aromatic carbocycles. The van der Waals surface area contributed by atoms with E-state index in [2.05, 4.69) is 40.6 Å². The fourth-order valence-corrected chi connectivity index (χ4v) is 2.39. The third-order valence-electron chi connectivity index (χ3n) is 3.79. The Morgan fingerprint density at radius 1 is 1.29 bits per heavy atom. The largest absolute Gasteiger partial charge is 0.351 e. The normalized spacial score (nSPS) is 24.1. The predicted molar refractivity (Wildman–Crippen MR) is 67.0 cm³/mol. The molecule has 1 fully saturated rings. The molecule has 3 heterocycles. The van der Waals surface area contributed by atoms with Crippen LogP contribution in [0.2, 0.25) is 0 Å². The summed E-state index contributed by atoms with van der Waals surface area (Å²) in [5.74, 6) is 1.71. The van der Waals surface area contributed by atoms with E-state index in [0.717, 1.165) is 36.0 Å². The monoisotopic (exact) mass is 231 g/mol. The summed E-state index contributed by atoms with van der Waals surface area (Å²) >= 11 is 0. The van der Waals surface area contributed by atoms with Gasteiger partial charge in [-0.15, -0.1) is 0 Å². The van der Waals surface area contributed by atoms with Gasteiger partial charge in [0.1, 0.15) is 6.33 Å². The Labute approximate surface area is 100 Å². The standard InChI is InChI=1S/C12H17N5/c1-4-16-7-15-10-11(16)13-6-14-12(10)17-5-8(2)9(17)3/h6-9H,4-5H2,1-3H3/t8-,9-/m1/s1. The number of anilines is 1. The number of hydrogen-bond donors (Lipinski definition) is 0. The molecule has 5 heteroatoms. The van der Waals surface area contributed by atoms with Crippen molar-refractivity contribution in [1.82, 2.24) is 19.5 Å². The number of nitrogens with zero attached hydrogens (tertiary/aromatic N) is 5. The summed E-state index contributed by atoms with van der Waals surface area (Å²) in [5, 5.41) is 0. The molecule has 2 aromatic heterocycles. The Hall–Kier alpha value is -1.65. The van der Waals surface area contributed by atoms with Gasteiger partial charge in [-0.05, 0) is 19.8 Å². The highest BCUT2D eigenvalue weighted by Crippen LogP contribution is 2.32. The fraction of sp³-hybridized carbons (Fsp3) is 0.583. The molecule has 1 aliphatic rings. The summed E-state index contributed by atoms with van der Waals surface area (Å²) in [4.78, 5) is 15.5. The second-order valence-electron chi connectivity index (χ2n) is 4.77. The minimum Gasteiger partial charge on any atom is -0.351 e. The summed E-state index contributed by atoms with van der Waals surface area (Å²) in [6.45, 7) is 8.55. The maximum atomic E-state index is 4.45. The van der Waals surface area contributed by atoms with Crippen molar-refractivity contribution in [3.63, 3.8) is 0 Å². The van der Waals surface area contributed by atoms with E-state index < -0.39 is 0 Å². The molecule has 0 N–H and O–H groups in total. The predicted octanol–water partition coefficient (Wildman–Crippen LogP) is 1.69. The van der Waals surface area contributed by atoms with Gasteiger partial charge in [0.05, 0.1) is 6.33 Å². The number of fused-ring (bicyclic) bond motifs is 1. The lowest BCUT2D eigenvalue weighted by Crippen LogP contribution is -2.53. The Morgan fingerprint density at radius 3 is 2.76 bits per heavy atom. The summed E-state index contributed by atoms with van der Waals surface area (Å²) in [6, 6.07) is 0.542. The van der Waals surface area contributed by atoms with Crippen LogP contribution in [0.5, 0.6) is 0 Å². The molecule has 0 spiro atoms. The van der Waals surface area contributed by atoms with Crippen molar-refractivity contribution < 1.29 is 0 Å². The van der Waals surface area contributed by atoms with Gasteiger partial charge in [0, 0.05) is 19.1 Å². The van der Waals surface area contributed by atoms with Gasteiger partial charge in [-0.2, -0.15) is 0 Å². The zero-order valence-corrected chi connectivity index (χ0v) is 10.5. The van der Waals surface area contributed by atoms with Gasteiger partial charge in [0.2, 0.25) is 0 Å². The minimum absolute atomic E-state index is 0.542. The lowest BCUT2D eigenvalue weighted by atomic mass is 9.92. The fourth-order valence-electron chi connectivity index (χ4n) is 2.39. The van der Waals surface area contributed by atoms with Crippen molar-refractivity contribution in [1.29, 1.82) is 0 Å². The minimum atomic E-state index is 0.542. The van der Waals surface area contributed by atoms with Crippen molar-refractivity contribution >= 4 is 17.0 Å². The van der Waals surface area contributed by atoms with Crippen LogP contribution in [0, 0.1) is 5.92 Å². The highest BCUT2D eigenvalue weighted by molar-refractivity contribution is 5.83. The average Bonchev–Trinajstić information content (AvgIpc) is 2.78. The van der Waals surface area contributed by atoms with E-state index in [4.69, 9.17) is 0 Å². The Bertz CT molecular complexity index is 547. The number of hydrogen-bond acceptors (Lipinski definition) is 4. The molecule has 2 atom stereocenters. The first-order chi connectivity index (χ1) is 8.22. The molecule has 0 radical (unpaired) electrons. The molecule has 1 aliphatic heterocycles. The summed E-state index contributed by atoms with van der Waals surface area (Å²) in [6.07, 6.45) is 3.48. The second-order valence-corrected chi connectivity index (χ2v) is 4.77. The Morgan fingerprint density at radius 2 is 2.12 bits per heavy atom. The molecule has 3 rings (SSSR count). The van der Waals surface area contributed by atoms with Crippen molar-refractivity contribution in [3.8, 4) is 0 Å². The average molecular weight is 231 g/mol. The van der Waals surface area contributed by atoms with Crippen LogP contribution < -0.4 is 4.90 Å². The summed E-state index contributed by atoms with van der Waals surface area (Å²) in [5.41, 5.74) is 1.86. The molecule has 0 saturated carbocycles. The van der Waals surface area contributed by atoms with Gasteiger partial charge < -0.3 is 9.47 Å². The molecule has 0 unspecified atom stereocenters. The van der Waals surface area contributed by atoms with Crippen LogP contribution in [0.4, 0.5) is 5.82 Å². The summed E-state index contributed by atoms with van der Waals surface area (Å²) < 4.78 is 2.05. The van der Waals surface area contributed by atoms with Gasteiger partial charge in [-0.25, -0.2) is 15.0 Å². The van der Waals surface area contributed by atoms with E-state index in [-0.39, 0.29) is 0 Å². The molecule has 1 saturated heterocycles. The van der Waals surface area contributed by atoms with Crippen molar-refractivity contribution in [2.24, 2.45) is 5.92 Å². The van der Waals surface area contributed by atoms with Crippen LogP contribution in [0.25, 0.3) is 11.2 Å². The smallest absolute Gasteiger partial charge is 0.165 e. The van der Waals surface area contributed by atoms with Crippen LogP contribution in [0.3, 0.4) is 0 Å². The van der Waals surface area contributed by atoms with Gasteiger partial charge in [-0.1, -0.05) is 6.92 Å². The quantitative estimate of drug-likeness (QED) is 0.789. The van der Waals surface area contributed by atoms with Gasteiger partial charge in [0.15, 0.2) is 17.0 Å². The van der Waals surface area contributed by atoms with Crippen LogP contribution >= 0.6 is 0 Å². The van der Waals surface area contributed by atoms with E-state index in [1.54, 1.807) is 6.33 Å². The first-order valence-corrected chi connectivity index (χ1v) is 6.14. The SMILES string of the molecule is CCn1cnc2c(N3C[C@@H](C)[C@H]3C)ncnc21. The zero-order valence-electron chi connectivity index (χ0n) is 10.5. The van der Waals surface area contributed by atoms with Crippen LogP contribution in [0.15, 0.2) is 12.7 Å². The van der Waals surface area contributed by atoms with Crippen molar-refractivity contribution in [2.75, 3.05) is 11.4 Å². The third-order valence-corrected chi connectivity index (χ3v) is 3.79. The van der Waals surface area contributed by atoms with Crippen molar-refractivity contribution in [3.05, 3.63) is 12.7 Å². The molecule has 0 amide bonds. The molecule has 0 bridgehead atoms. The van der Waals surface area contributed by atoms with E-state index in [0.29, 0.717) is 6.04 Å². The lowest BCUT2D eigenvalue weighted by Gasteiger charge is -2.45. The number of aryl methyl sites for hydroxylation is 1. The van der Waals surface area contributed by atoms with E-state index in [1.807, 2.05) is 10.9 Å². The first kappa shape index (κ1) is 10.5. The topological polar surface area (TPSA) is 46.8 Å². The Balaban J connectivity index is 2.08. The molecular weight excluding hydrogens is 214 g/mol. The molecule has 90 valence electrons. The zero-order chi connectivity index (χ0) is 12.0. The molecular formula is C12H17N5. The van der Waals surface area contributed by atoms with Crippen LogP contribution in [0.1, 0.15) is 20.8 Å². The van der Waals surface area contributed by atoms with E-state index in [9.17, 15) is 0 Å². The van der Waals surface area contributed by atoms with E-state index >= 15 is 0 Å². The number of rotatable bonds is 2. The maximum absolute atomic E-state index is 4.45. The lowest BCUT2D eigenvalue weighted by molar-refractivity contribution is 0.338. The highest BCUT2D eigenvalue weighted by Gasteiger charge is 2.34. The van der Waals surface area contributed by atoms with E-state index in [1.165, 1.54) is 0 Å². The number of imidazole rings is 1. The third kappa shape index (κ3) is 1.41. The number of aromatic nitrogens is 4. The van der Waals surface area contributed by atoms with Gasteiger partial charge in [0.25, 0.3) is 0 Å².